The van der Waals surface area contributed by atoms with Crippen molar-refractivity contribution in [2.45, 2.75) is 65.6 Å². The number of thiophene rings is 1. The molecule has 1 aromatic carbocycles. The van der Waals surface area contributed by atoms with Gasteiger partial charge in [-0.15, -0.1) is 11.3 Å². The van der Waals surface area contributed by atoms with Crippen molar-refractivity contribution in [3.8, 4) is 0 Å². The molecule has 0 bridgehead atoms. The van der Waals surface area contributed by atoms with Crippen molar-refractivity contribution in [2.24, 2.45) is 5.92 Å². The van der Waals surface area contributed by atoms with Crippen molar-refractivity contribution in [1.82, 2.24) is 9.80 Å². The maximum Gasteiger partial charge on any atom is 0.242 e. The average Bonchev–Trinajstić information content (AvgIpc) is 3.09. The minimum absolute atomic E-state index is 0.0266. The molecule has 30 heavy (non-hydrogen) atoms. The Bertz CT molecular complexity index is 860. The van der Waals surface area contributed by atoms with Gasteiger partial charge in [0.15, 0.2) is 0 Å². The Morgan fingerprint density at radius 3 is 2.37 bits per heavy atom. The molecule has 162 valence electrons. The molecule has 0 N–H and O–H groups in total. The lowest BCUT2D eigenvalue weighted by atomic mass is 9.84. The van der Waals surface area contributed by atoms with Crippen LogP contribution < -0.4 is 0 Å². The number of carbonyl (C=O) groups is 2. The number of aryl methyl sites for hydroxylation is 1. The van der Waals surface area contributed by atoms with Gasteiger partial charge >= 0.3 is 0 Å². The third-order valence-corrected chi connectivity index (χ3v) is 6.93. The molecular formula is C24H31FN2O2S. The van der Waals surface area contributed by atoms with Crippen LogP contribution in [0.5, 0.6) is 0 Å². The summed E-state index contributed by atoms with van der Waals surface area (Å²) in [5.74, 6) is -0.187. The zero-order valence-electron chi connectivity index (χ0n) is 18.1. The van der Waals surface area contributed by atoms with E-state index in [2.05, 4.69) is 0 Å². The molecular weight excluding hydrogens is 399 g/mol. The van der Waals surface area contributed by atoms with Gasteiger partial charge < -0.3 is 9.80 Å². The van der Waals surface area contributed by atoms with Gasteiger partial charge in [0.05, 0.1) is 6.54 Å². The summed E-state index contributed by atoms with van der Waals surface area (Å²) in [6.07, 6.45) is 3.75. The van der Waals surface area contributed by atoms with Crippen LogP contribution in [0.15, 0.2) is 36.4 Å². The number of halogens is 1. The Morgan fingerprint density at radius 1 is 1.13 bits per heavy atom. The van der Waals surface area contributed by atoms with Crippen LogP contribution in [0.25, 0.3) is 0 Å². The second-order valence-corrected chi connectivity index (χ2v) is 9.61. The molecule has 0 spiro atoms. The van der Waals surface area contributed by atoms with Gasteiger partial charge in [0.2, 0.25) is 11.8 Å². The highest BCUT2D eigenvalue weighted by molar-refractivity contribution is 7.11. The van der Waals surface area contributed by atoms with E-state index in [-0.39, 0.29) is 36.1 Å². The van der Waals surface area contributed by atoms with E-state index >= 15 is 0 Å². The number of hydrogen-bond donors (Lipinski definition) is 0. The Kier molecular flexibility index (Phi) is 7.64. The lowest BCUT2D eigenvalue weighted by Crippen LogP contribution is -2.49. The summed E-state index contributed by atoms with van der Waals surface area (Å²) in [6, 6.07) is 10.4. The van der Waals surface area contributed by atoms with E-state index in [0.29, 0.717) is 13.1 Å². The highest BCUT2D eigenvalue weighted by Crippen LogP contribution is 2.29. The molecule has 1 atom stereocenters. The van der Waals surface area contributed by atoms with Crippen LogP contribution >= 0.6 is 11.3 Å². The van der Waals surface area contributed by atoms with Crippen molar-refractivity contribution in [3.05, 3.63) is 57.5 Å². The molecule has 1 aromatic heterocycles. The summed E-state index contributed by atoms with van der Waals surface area (Å²) in [5.41, 5.74) is 0.874. The molecule has 4 nitrogen and oxygen atoms in total. The highest BCUT2D eigenvalue weighted by atomic mass is 32.1. The number of benzene rings is 1. The molecule has 1 aliphatic rings. The molecule has 1 aliphatic carbocycles. The zero-order valence-corrected chi connectivity index (χ0v) is 18.9. The molecule has 0 radical (unpaired) electrons. The van der Waals surface area contributed by atoms with Gasteiger partial charge in [0.25, 0.3) is 0 Å². The van der Waals surface area contributed by atoms with Gasteiger partial charge in [-0.1, -0.05) is 25.5 Å². The quantitative estimate of drug-likeness (QED) is 0.552. The predicted octanol–water partition coefficient (Wildman–Crippen LogP) is 5.15. The molecule has 6 heteroatoms. The minimum atomic E-state index is -0.292. The maximum absolute atomic E-state index is 13.4. The predicted molar refractivity (Wildman–Crippen MR) is 119 cm³/mol. The van der Waals surface area contributed by atoms with E-state index in [0.717, 1.165) is 36.1 Å². The molecule has 1 heterocycles. The molecule has 0 aliphatic heterocycles. The van der Waals surface area contributed by atoms with Crippen LogP contribution in [-0.4, -0.2) is 34.2 Å². The fourth-order valence-electron chi connectivity index (χ4n) is 3.61. The Hall–Kier alpha value is -2.21. The topological polar surface area (TPSA) is 40.6 Å². The molecule has 1 fully saturated rings. The first kappa shape index (κ1) is 22.5. The monoisotopic (exact) mass is 430 g/mol. The first-order valence-electron chi connectivity index (χ1n) is 10.8. The molecule has 3 rings (SSSR count). The van der Waals surface area contributed by atoms with E-state index < -0.39 is 0 Å². The third kappa shape index (κ3) is 5.69. The number of carbonyl (C=O) groups excluding carboxylic acids is 2. The standard InChI is InChI=1S/C24H31FN2O2S/c1-4-17(2)27(24(29)20-6-5-7-20)16-23(28)26(15-22-13-8-18(3)30-22)14-19-9-11-21(25)12-10-19/h8-13,17,20H,4-7,14-16H2,1-3H3. The molecule has 1 saturated carbocycles. The molecule has 2 amide bonds. The summed E-state index contributed by atoms with van der Waals surface area (Å²) < 4.78 is 13.3. The molecule has 2 aromatic rings. The van der Waals surface area contributed by atoms with Crippen LogP contribution in [0.4, 0.5) is 4.39 Å². The fraction of sp³-hybridized carbons (Fsp3) is 0.500. The Labute approximate surface area is 182 Å². The highest BCUT2D eigenvalue weighted by Gasteiger charge is 2.33. The number of rotatable bonds is 9. The van der Waals surface area contributed by atoms with Crippen LogP contribution in [-0.2, 0) is 22.7 Å². The third-order valence-electron chi connectivity index (χ3n) is 5.95. The van der Waals surface area contributed by atoms with Gasteiger partial charge in [-0.05, 0) is 62.9 Å². The van der Waals surface area contributed by atoms with Crippen molar-refractivity contribution in [2.75, 3.05) is 6.54 Å². The van der Waals surface area contributed by atoms with E-state index in [9.17, 15) is 14.0 Å². The summed E-state index contributed by atoms with van der Waals surface area (Å²) >= 11 is 1.67. The SMILES string of the molecule is CCC(C)N(CC(=O)N(Cc1ccc(F)cc1)Cc1ccc(C)s1)C(=O)C1CCC1. The maximum atomic E-state index is 13.4. The van der Waals surface area contributed by atoms with Crippen LogP contribution in [0.2, 0.25) is 0 Å². The molecule has 1 unspecified atom stereocenters. The van der Waals surface area contributed by atoms with Crippen molar-refractivity contribution in [3.63, 3.8) is 0 Å². The lowest BCUT2D eigenvalue weighted by Gasteiger charge is -2.36. The van der Waals surface area contributed by atoms with E-state index in [1.54, 1.807) is 33.3 Å². The normalized spacial score (nSPS) is 14.8. The van der Waals surface area contributed by atoms with Gasteiger partial charge in [0, 0.05) is 28.3 Å². The van der Waals surface area contributed by atoms with Gasteiger partial charge in [-0.2, -0.15) is 0 Å². The van der Waals surface area contributed by atoms with Crippen LogP contribution in [0.1, 0.15) is 54.8 Å². The summed E-state index contributed by atoms with van der Waals surface area (Å²) in [6.45, 7) is 7.07. The zero-order chi connectivity index (χ0) is 21.7. The van der Waals surface area contributed by atoms with Crippen LogP contribution in [0.3, 0.4) is 0 Å². The average molecular weight is 431 g/mol. The van der Waals surface area contributed by atoms with E-state index in [1.165, 1.54) is 17.0 Å². The number of amides is 2. The van der Waals surface area contributed by atoms with Gasteiger partial charge in [-0.25, -0.2) is 4.39 Å². The first-order valence-corrected chi connectivity index (χ1v) is 11.6. The minimum Gasteiger partial charge on any atom is -0.332 e. The summed E-state index contributed by atoms with van der Waals surface area (Å²) in [5, 5.41) is 0. The second-order valence-electron chi connectivity index (χ2n) is 8.24. The lowest BCUT2D eigenvalue weighted by molar-refractivity contribution is -0.147. The van der Waals surface area contributed by atoms with Gasteiger partial charge in [-0.3, -0.25) is 9.59 Å². The van der Waals surface area contributed by atoms with Crippen molar-refractivity contribution in [1.29, 1.82) is 0 Å². The molecule has 0 saturated heterocycles. The fourth-order valence-corrected chi connectivity index (χ4v) is 4.51. The Balaban J connectivity index is 1.77. The van der Waals surface area contributed by atoms with Gasteiger partial charge in [0.1, 0.15) is 12.4 Å². The van der Waals surface area contributed by atoms with Crippen LogP contribution in [0, 0.1) is 18.7 Å². The largest absolute Gasteiger partial charge is 0.332 e. The van der Waals surface area contributed by atoms with E-state index in [4.69, 9.17) is 0 Å². The van der Waals surface area contributed by atoms with E-state index in [1.807, 2.05) is 32.9 Å². The summed E-state index contributed by atoms with van der Waals surface area (Å²) in [7, 11) is 0. The first-order chi connectivity index (χ1) is 14.4. The van der Waals surface area contributed by atoms with Crippen molar-refractivity contribution < 1.29 is 14.0 Å². The second kappa shape index (κ2) is 10.2. The van der Waals surface area contributed by atoms with Crippen molar-refractivity contribution >= 4 is 23.2 Å². The smallest absolute Gasteiger partial charge is 0.242 e. The number of hydrogen-bond acceptors (Lipinski definition) is 3. The summed E-state index contributed by atoms with van der Waals surface area (Å²) in [4.78, 5) is 32.2. The Morgan fingerprint density at radius 2 is 1.83 bits per heavy atom. The number of nitrogens with zero attached hydrogens (tertiary/aromatic N) is 2.